The largest absolute Gasteiger partial charge is 0.466 e. The normalized spacial score (nSPS) is 10.6. The SMILES string of the molecule is CCOC(=O)CCc1nc(-c2ccccc2C)n(C)n1. The molecule has 2 rings (SSSR count). The van der Waals surface area contributed by atoms with Crippen LogP contribution in [-0.2, 0) is 23.0 Å². The second kappa shape index (κ2) is 6.32. The van der Waals surface area contributed by atoms with Gasteiger partial charge in [-0.3, -0.25) is 4.79 Å². The first-order valence-electron chi connectivity index (χ1n) is 6.73. The molecule has 0 N–H and O–H groups in total. The Labute approximate surface area is 118 Å². The molecule has 2 aromatic rings. The molecular weight excluding hydrogens is 254 g/mol. The van der Waals surface area contributed by atoms with Gasteiger partial charge in [-0.25, -0.2) is 9.67 Å². The summed E-state index contributed by atoms with van der Waals surface area (Å²) < 4.78 is 6.66. The summed E-state index contributed by atoms with van der Waals surface area (Å²) >= 11 is 0. The van der Waals surface area contributed by atoms with Crippen molar-refractivity contribution in [3.8, 4) is 11.4 Å². The number of esters is 1. The van der Waals surface area contributed by atoms with Crippen LogP contribution in [-0.4, -0.2) is 27.3 Å². The van der Waals surface area contributed by atoms with Gasteiger partial charge in [-0.15, -0.1) is 0 Å². The number of rotatable bonds is 5. The Kier molecular flexibility index (Phi) is 4.50. The Morgan fingerprint density at radius 3 is 2.80 bits per heavy atom. The lowest BCUT2D eigenvalue weighted by Gasteiger charge is -2.03. The minimum Gasteiger partial charge on any atom is -0.466 e. The lowest BCUT2D eigenvalue weighted by Crippen LogP contribution is -2.06. The molecule has 0 spiro atoms. The summed E-state index contributed by atoms with van der Waals surface area (Å²) in [6, 6.07) is 8.04. The van der Waals surface area contributed by atoms with Crippen molar-refractivity contribution in [2.45, 2.75) is 26.7 Å². The Hall–Kier alpha value is -2.17. The third kappa shape index (κ3) is 3.23. The van der Waals surface area contributed by atoms with Crippen LogP contribution in [0.4, 0.5) is 0 Å². The zero-order chi connectivity index (χ0) is 14.5. The van der Waals surface area contributed by atoms with Crippen molar-refractivity contribution in [1.82, 2.24) is 14.8 Å². The van der Waals surface area contributed by atoms with Crippen LogP contribution in [0.3, 0.4) is 0 Å². The average molecular weight is 273 g/mol. The van der Waals surface area contributed by atoms with E-state index in [-0.39, 0.29) is 5.97 Å². The molecule has 0 aliphatic rings. The summed E-state index contributed by atoms with van der Waals surface area (Å²) in [5, 5.41) is 4.36. The van der Waals surface area contributed by atoms with E-state index in [1.165, 1.54) is 0 Å². The number of benzene rings is 1. The smallest absolute Gasteiger partial charge is 0.306 e. The molecular formula is C15H19N3O2. The molecule has 0 radical (unpaired) electrons. The molecule has 5 heteroatoms. The van der Waals surface area contributed by atoms with E-state index in [1.807, 2.05) is 38.2 Å². The van der Waals surface area contributed by atoms with Crippen LogP contribution in [0, 0.1) is 6.92 Å². The van der Waals surface area contributed by atoms with Crippen molar-refractivity contribution in [2.75, 3.05) is 6.61 Å². The molecule has 0 amide bonds. The fraction of sp³-hybridized carbons (Fsp3) is 0.400. The van der Waals surface area contributed by atoms with Crippen molar-refractivity contribution in [3.63, 3.8) is 0 Å². The third-order valence-electron chi connectivity index (χ3n) is 3.05. The topological polar surface area (TPSA) is 57.0 Å². The number of aryl methyl sites for hydroxylation is 3. The van der Waals surface area contributed by atoms with Crippen LogP contribution in [0.25, 0.3) is 11.4 Å². The van der Waals surface area contributed by atoms with Gasteiger partial charge in [0.05, 0.1) is 13.0 Å². The van der Waals surface area contributed by atoms with Crippen molar-refractivity contribution in [3.05, 3.63) is 35.7 Å². The first-order chi connectivity index (χ1) is 9.61. The van der Waals surface area contributed by atoms with Crippen LogP contribution >= 0.6 is 0 Å². The number of carbonyl (C=O) groups excluding carboxylic acids is 1. The maximum Gasteiger partial charge on any atom is 0.306 e. The maximum atomic E-state index is 11.3. The van der Waals surface area contributed by atoms with Gasteiger partial charge >= 0.3 is 5.97 Å². The third-order valence-corrected chi connectivity index (χ3v) is 3.05. The fourth-order valence-corrected chi connectivity index (χ4v) is 2.05. The minimum absolute atomic E-state index is 0.211. The number of ether oxygens (including phenoxy) is 1. The second-order valence-electron chi connectivity index (χ2n) is 4.60. The highest BCUT2D eigenvalue weighted by Crippen LogP contribution is 2.20. The van der Waals surface area contributed by atoms with Gasteiger partial charge in [-0.1, -0.05) is 24.3 Å². The Bertz CT molecular complexity index is 605. The molecule has 0 bridgehead atoms. The van der Waals surface area contributed by atoms with E-state index >= 15 is 0 Å². The molecule has 106 valence electrons. The lowest BCUT2D eigenvalue weighted by molar-refractivity contribution is -0.143. The minimum atomic E-state index is -0.211. The second-order valence-corrected chi connectivity index (χ2v) is 4.60. The number of hydrogen-bond acceptors (Lipinski definition) is 4. The van der Waals surface area contributed by atoms with E-state index in [4.69, 9.17) is 4.74 Å². The molecule has 0 aliphatic heterocycles. The molecule has 0 fully saturated rings. The summed E-state index contributed by atoms with van der Waals surface area (Å²) in [5.41, 5.74) is 2.21. The Balaban J connectivity index is 2.14. The van der Waals surface area contributed by atoms with E-state index < -0.39 is 0 Å². The lowest BCUT2D eigenvalue weighted by atomic mass is 10.1. The van der Waals surface area contributed by atoms with E-state index in [0.717, 1.165) is 17.0 Å². The molecule has 0 atom stereocenters. The van der Waals surface area contributed by atoms with E-state index in [1.54, 1.807) is 11.6 Å². The highest BCUT2D eigenvalue weighted by molar-refractivity contribution is 5.69. The molecule has 0 saturated heterocycles. The standard InChI is InChI=1S/C15H19N3O2/c1-4-20-14(19)10-9-13-16-15(18(3)17-13)12-8-6-5-7-11(12)2/h5-8H,4,9-10H2,1-3H3. The summed E-state index contributed by atoms with van der Waals surface area (Å²) in [7, 11) is 1.86. The fourth-order valence-electron chi connectivity index (χ4n) is 2.05. The maximum absolute atomic E-state index is 11.3. The Morgan fingerprint density at radius 1 is 1.35 bits per heavy atom. The van der Waals surface area contributed by atoms with Gasteiger partial charge in [0.2, 0.25) is 0 Å². The first kappa shape index (κ1) is 14.2. The van der Waals surface area contributed by atoms with Gasteiger partial charge in [0.25, 0.3) is 0 Å². The van der Waals surface area contributed by atoms with Crippen molar-refractivity contribution in [1.29, 1.82) is 0 Å². The summed E-state index contributed by atoms with van der Waals surface area (Å²) in [6.45, 7) is 4.25. The summed E-state index contributed by atoms with van der Waals surface area (Å²) in [5.74, 6) is 1.28. The molecule has 5 nitrogen and oxygen atoms in total. The van der Waals surface area contributed by atoms with Gasteiger partial charge in [-0.2, -0.15) is 5.10 Å². The number of hydrogen-bond donors (Lipinski definition) is 0. The molecule has 0 saturated carbocycles. The number of nitrogens with zero attached hydrogens (tertiary/aromatic N) is 3. The van der Waals surface area contributed by atoms with Crippen molar-refractivity contribution < 1.29 is 9.53 Å². The first-order valence-corrected chi connectivity index (χ1v) is 6.73. The van der Waals surface area contributed by atoms with Gasteiger partial charge < -0.3 is 4.74 Å². The van der Waals surface area contributed by atoms with Crippen LogP contribution in [0.2, 0.25) is 0 Å². The molecule has 1 aromatic carbocycles. The molecule has 1 heterocycles. The number of carbonyl (C=O) groups is 1. The van der Waals surface area contributed by atoms with Gasteiger partial charge in [0, 0.05) is 19.0 Å². The zero-order valence-electron chi connectivity index (χ0n) is 12.1. The molecule has 0 aliphatic carbocycles. The molecule has 1 aromatic heterocycles. The van der Waals surface area contributed by atoms with Gasteiger partial charge in [-0.05, 0) is 19.4 Å². The van der Waals surface area contributed by atoms with Gasteiger partial charge in [0.1, 0.15) is 0 Å². The zero-order valence-corrected chi connectivity index (χ0v) is 12.1. The monoisotopic (exact) mass is 273 g/mol. The highest BCUT2D eigenvalue weighted by atomic mass is 16.5. The summed E-state index contributed by atoms with van der Waals surface area (Å²) in [4.78, 5) is 15.9. The number of aromatic nitrogens is 3. The predicted octanol–water partition coefficient (Wildman–Crippen LogP) is 2.29. The quantitative estimate of drug-likeness (QED) is 0.784. The van der Waals surface area contributed by atoms with E-state index in [0.29, 0.717) is 25.3 Å². The van der Waals surface area contributed by atoms with Crippen molar-refractivity contribution in [2.24, 2.45) is 7.05 Å². The Morgan fingerprint density at radius 2 is 2.10 bits per heavy atom. The van der Waals surface area contributed by atoms with Crippen LogP contribution < -0.4 is 0 Å². The molecule has 0 unspecified atom stereocenters. The van der Waals surface area contributed by atoms with E-state index in [2.05, 4.69) is 10.1 Å². The highest BCUT2D eigenvalue weighted by Gasteiger charge is 2.12. The average Bonchev–Trinajstić information content (AvgIpc) is 2.79. The van der Waals surface area contributed by atoms with Crippen molar-refractivity contribution >= 4 is 5.97 Å². The molecule has 20 heavy (non-hydrogen) atoms. The van der Waals surface area contributed by atoms with Crippen LogP contribution in [0.1, 0.15) is 24.7 Å². The van der Waals surface area contributed by atoms with Gasteiger partial charge in [0.15, 0.2) is 11.6 Å². The van der Waals surface area contributed by atoms with Crippen LogP contribution in [0.5, 0.6) is 0 Å². The summed E-state index contributed by atoms with van der Waals surface area (Å²) in [6.07, 6.45) is 0.809. The van der Waals surface area contributed by atoms with E-state index in [9.17, 15) is 4.79 Å². The predicted molar refractivity (Wildman–Crippen MR) is 76.1 cm³/mol. The van der Waals surface area contributed by atoms with Crippen LogP contribution in [0.15, 0.2) is 24.3 Å².